The fourth-order valence-electron chi connectivity index (χ4n) is 2.24. The van der Waals surface area contributed by atoms with E-state index in [-0.39, 0.29) is 6.61 Å². The number of esters is 2. The predicted octanol–water partition coefficient (Wildman–Crippen LogP) is 3.39. The molecule has 30 heavy (non-hydrogen) atoms. The van der Waals surface area contributed by atoms with Gasteiger partial charge in [-0.25, -0.2) is 14.4 Å². The van der Waals surface area contributed by atoms with Crippen LogP contribution in [0.5, 0.6) is 0 Å². The number of ether oxygens (including phenoxy) is 4. The Labute approximate surface area is 177 Å². The van der Waals surface area contributed by atoms with Crippen molar-refractivity contribution in [2.75, 3.05) is 20.3 Å². The number of nitrogens with one attached hydrogen (secondary N) is 1. The second-order valence-corrected chi connectivity index (χ2v) is 7.77. The molecular weight excluding hydrogens is 390 g/mol. The number of amides is 1. The molecule has 1 aromatic rings. The van der Waals surface area contributed by atoms with Crippen molar-refractivity contribution in [1.82, 2.24) is 5.32 Å². The molecule has 0 radical (unpaired) electrons. The van der Waals surface area contributed by atoms with Crippen LogP contribution in [0.3, 0.4) is 0 Å². The molecule has 8 nitrogen and oxygen atoms in total. The minimum atomic E-state index is -1.20. The van der Waals surface area contributed by atoms with Crippen LogP contribution < -0.4 is 5.32 Å². The first kappa shape index (κ1) is 25.2. The van der Waals surface area contributed by atoms with Gasteiger partial charge in [-0.05, 0) is 46.2 Å². The quantitative estimate of drug-likeness (QED) is 0.282. The van der Waals surface area contributed by atoms with Gasteiger partial charge in [0.05, 0.1) is 25.9 Å². The summed E-state index contributed by atoms with van der Waals surface area (Å²) in [4.78, 5) is 36.4. The predicted molar refractivity (Wildman–Crippen MR) is 111 cm³/mol. The van der Waals surface area contributed by atoms with Gasteiger partial charge in [0.2, 0.25) is 0 Å². The van der Waals surface area contributed by atoms with Crippen molar-refractivity contribution in [3.05, 3.63) is 47.0 Å². The van der Waals surface area contributed by atoms with Crippen molar-refractivity contribution < 1.29 is 33.3 Å². The molecule has 166 valence electrons. The van der Waals surface area contributed by atoms with Crippen molar-refractivity contribution in [2.24, 2.45) is 0 Å². The second kappa shape index (κ2) is 12.0. The molecule has 0 spiro atoms. The number of carbonyl (C=O) groups excluding carboxylic acids is 3. The average molecular weight is 421 g/mol. The van der Waals surface area contributed by atoms with Crippen LogP contribution in [0.2, 0.25) is 0 Å². The Morgan fingerprint density at radius 2 is 1.80 bits per heavy atom. The summed E-state index contributed by atoms with van der Waals surface area (Å²) in [6.07, 6.45) is 1.12. The van der Waals surface area contributed by atoms with E-state index in [0.717, 1.165) is 5.57 Å². The number of methoxy groups -OCH3 is 1. The van der Waals surface area contributed by atoms with Crippen LogP contribution in [0.4, 0.5) is 4.79 Å². The standard InChI is InChI=1S/C22H31NO7/c1-15(2)11-12-28-13-16-9-7-8-10-17(16)19(24)29-14-18(20(25)27-6)23-21(26)30-22(3,4)5/h7-11,18H,12-14H2,1-6H3,(H,23,26)/t18-/m0/s1. The van der Waals surface area contributed by atoms with Gasteiger partial charge in [0, 0.05) is 0 Å². The summed E-state index contributed by atoms with van der Waals surface area (Å²) in [5, 5.41) is 2.35. The van der Waals surface area contributed by atoms with Crippen LogP contribution in [-0.4, -0.2) is 50.0 Å². The van der Waals surface area contributed by atoms with Crippen molar-refractivity contribution in [3.8, 4) is 0 Å². The summed E-state index contributed by atoms with van der Waals surface area (Å²) < 4.78 is 20.6. The Morgan fingerprint density at radius 3 is 2.40 bits per heavy atom. The van der Waals surface area contributed by atoms with E-state index < -0.39 is 36.3 Å². The van der Waals surface area contributed by atoms with Crippen LogP contribution in [0.15, 0.2) is 35.9 Å². The zero-order valence-electron chi connectivity index (χ0n) is 18.4. The number of carbonyl (C=O) groups is 3. The topological polar surface area (TPSA) is 100 Å². The van der Waals surface area contributed by atoms with E-state index >= 15 is 0 Å². The van der Waals surface area contributed by atoms with Crippen molar-refractivity contribution in [2.45, 2.75) is 52.9 Å². The molecule has 0 aliphatic carbocycles. The zero-order chi connectivity index (χ0) is 22.7. The number of hydrogen-bond donors (Lipinski definition) is 1. The molecule has 0 unspecified atom stereocenters. The summed E-state index contributed by atoms with van der Waals surface area (Å²) in [5.41, 5.74) is 1.36. The number of hydrogen-bond acceptors (Lipinski definition) is 7. The molecule has 1 amide bonds. The molecule has 0 fully saturated rings. The van der Waals surface area contributed by atoms with E-state index in [1.54, 1.807) is 45.0 Å². The Kier molecular flexibility index (Phi) is 10.0. The molecule has 0 aliphatic heterocycles. The summed E-state index contributed by atoms with van der Waals surface area (Å²) in [5.74, 6) is -1.40. The summed E-state index contributed by atoms with van der Waals surface area (Å²) in [6.45, 7) is 9.26. The van der Waals surface area contributed by atoms with E-state index in [2.05, 4.69) is 10.1 Å². The Morgan fingerprint density at radius 1 is 1.13 bits per heavy atom. The van der Waals surface area contributed by atoms with Gasteiger partial charge < -0.3 is 24.3 Å². The maximum atomic E-state index is 12.6. The first-order valence-corrected chi connectivity index (χ1v) is 9.57. The highest BCUT2D eigenvalue weighted by Crippen LogP contribution is 2.13. The molecular formula is C22H31NO7. The van der Waals surface area contributed by atoms with Crippen molar-refractivity contribution in [3.63, 3.8) is 0 Å². The molecule has 1 atom stereocenters. The highest BCUT2D eigenvalue weighted by Gasteiger charge is 2.27. The van der Waals surface area contributed by atoms with Gasteiger partial charge in [0.15, 0.2) is 6.04 Å². The molecule has 0 bridgehead atoms. The first-order chi connectivity index (χ1) is 14.0. The van der Waals surface area contributed by atoms with Gasteiger partial charge in [-0.1, -0.05) is 29.8 Å². The SMILES string of the molecule is COC(=O)[C@H](COC(=O)c1ccccc1COCC=C(C)C)NC(=O)OC(C)(C)C. The molecule has 1 aromatic carbocycles. The van der Waals surface area contributed by atoms with Gasteiger partial charge in [0.25, 0.3) is 0 Å². The van der Waals surface area contributed by atoms with Crippen LogP contribution in [0.1, 0.15) is 50.5 Å². The third-order valence-corrected chi connectivity index (χ3v) is 3.66. The van der Waals surface area contributed by atoms with Crippen molar-refractivity contribution in [1.29, 1.82) is 0 Å². The average Bonchev–Trinajstić information content (AvgIpc) is 2.66. The Bertz CT molecular complexity index is 761. The lowest BCUT2D eigenvalue weighted by Crippen LogP contribution is -2.47. The molecule has 0 saturated carbocycles. The fourth-order valence-corrected chi connectivity index (χ4v) is 2.24. The number of alkyl carbamates (subject to hydrolysis) is 1. The molecule has 0 saturated heterocycles. The largest absolute Gasteiger partial charge is 0.467 e. The first-order valence-electron chi connectivity index (χ1n) is 9.57. The van der Waals surface area contributed by atoms with Gasteiger partial charge >= 0.3 is 18.0 Å². The lowest BCUT2D eigenvalue weighted by molar-refractivity contribution is -0.144. The number of rotatable bonds is 9. The molecule has 0 heterocycles. The molecule has 0 aromatic heterocycles. The highest BCUT2D eigenvalue weighted by molar-refractivity contribution is 5.91. The third-order valence-electron chi connectivity index (χ3n) is 3.66. The van der Waals surface area contributed by atoms with E-state index in [4.69, 9.17) is 14.2 Å². The fraction of sp³-hybridized carbons (Fsp3) is 0.500. The zero-order valence-corrected chi connectivity index (χ0v) is 18.4. The monoisotopic (exact) mass is 421 g/mol. The molecule has 1 N–H and O–H groups in total. The molecule has 1 rings (SSSR count). The summed E-state index contributed by atoms with van der Waals surface area (Å²) >= 11 is 0. The van der Waals surface area contributed by atoms with Crippen LogP contribution >= 0.6 is 0 Å². The summed E-state index contributed by atoms with van der Waals surface area (Å²) in [7, 11) is 1.17. The Hall–Kier alpha value is -2.87. The minimum Gasteiger partial charge on any atom is -0.467 e. The Balaban J connectivity index is 2.76. The smallest absolute Gasteiger partial charge is 0.408 e. The molecule has 0 aliphatic rings. The third kappa shape index (κ3) is 9.56. The van der Waals surface area contributed by atoms with E-state index in [9.17, 15) is 14.4 Å². The van der Waals surface area contributed by atoms with E-state index in [1.807, 2.05) is 19.9 Å². The van der Waals surface area contributed by atoms with Crippen LogP contribution in [0.25, 0.3) is 0 Å². The minimum absolute atomic E-state index is 0.228. The van der Waals surface area contributed by atoms with E-state index in [0.29, 0.717) is 17.7 Å². The van der Waals surface area contributed by atoms with Crippen LogP contribution in [-0.2, 0) is 30.3 Å². The van der Waals surface area contributed by atoms with Gasteiger partial charge in [0.1, 0.15) is 12.2 Å². The maximum absolute atomic E-state index is 12.6. The van der Waals surface area contributed by atoms with Gasteiger partial charge in [-0.3, -0.25) is 0 Å². The molecule has 8 heteroatoms. The summed E-state index contributed by atoms with van der Waals surface area (Å²) in [6, 6.07) is 5.66. The lowest BCUT2D eigenvalue weighted by atomic mass is 10.1. The highest BCUT2D eigenvalue weighted by atomic mass is 16.6. The van der Waals surface area contributed by atoms with Crippen LogP contribution in [0, 0.1) is 0 Å². The number of benzene rings is 1. The second-order valence-electron chi connectivity index (χ2n) is 7.77. The number of allylic oxidation sites excluding steroid dienone is 1. The van der Waals surface area contributed by atoms with Gasteiger partial charge in [-0.2, -0.15) is 0 Å². The maximum Gasteiger partial charge on any atom is 0.408 e. The van der Waals surface area contributed by atoms with Crippen molar-refractivity contribution >= 4 is 18.0 Å². The van der Waals surface area contributed by atoms with Gasteiger partial charge in [-0.15, -0.1) is 0 Å². The normalized spacial score (nSPS) is 11.8. The van der Waals surface area contributed by atoms with E-state index in [1.165, 1.54) is 7.11 Å². The lowest BCUT2D eigenvalue weighted by Gasteiger charge is -2.22.